The van der Waals surface area contributed by atoms with E-state index in [9.17, 15) is 30.0 Å². The topological polar surface area (TPSA) is 143 Å². The predicted molar refractivity (Wildman–Crippen MR) is 132 cm³/mol. The number of phenolic OH excluding ortho intramolecular Hbond substituents is 1. The summed E-state index contributed by atoms with van der Waals surface area (Å²) in [6, 6.07) is 19.1. The van der Waals surface area contributed by atoms with Crippen molar-refractivity contribution in [1.29, 1.82) is 0 Å². The Balaban J connectivity index is 1.36. The standard InChI is InChI=1S/C28H26O9/c1-16-24(31)25(32)26(33)28(35-16)37-20-12-13-21(23(30)15-20)22(29)14-9-17-7-10-19(11-8-17)36-27(34)18-5-3-2-4-6-18/h2-16,24-26,28,30-33H,1H3/b14-9+/t16-,24-,25+,26-,28-/m0/s1. The summed E-state index contributed by atoms with van der Waals surface area (Å²) in [5, 5.41) is 40.1. The normalized spacial score (nSPS) is 23.5. The molecule has 37 heavy (non-hydrogen) atoms. The van der Waals surface area contributed by atoms with Crippen LogP contribution in [0.15, 0.2) is 78.9 Å². The highest BCUT2D eigenvalue weighted by Gasteiger charge is 2.43. The number of phenols is 1. The van der Waals surface area contributed by atoms with E-state index in [4.69, 9.17) is 14.2 Å². The van der Waals surface area contributed by atoms with Crippen LogP contribution >= 0.6 is 0 Å². The second kappa shape index (κ2) is 11.4. The number of allylic oxidation sites excluding steroid dienone is 1. The largest absolute Gasteiger partial charge is 0.507 e. The van der Waals surface area contributed by atoms with Crippen LogP contribution in [0.4, 0.5) is 0 Å². The zero-order valence-electron chi connectivity index (χ0n) is 19.8. The van der Waals surface area contributed by atoms with Crippen LogP contribution in [0.2, 0.25) is 0 Å². The lowest BCUT2D eigenvalue weighted by atomic mass is 10.00. The molecule has 5 atom stereocenters. The number of ether oxygens (including phenoxy) is 3. The van der Waals surface area contributed by atoms with Crippen molar-refractivity contribution in [1.82, 2.24) is 0 Å². The highest BCUT2D eigenvalue weighted by Crippen LogP contribution is 2.28. The van der Waals surface area contributed by atoms with Crippen LogP contribution in [-0.2, 0) is 4.74 Å². The lowest BCUT2D eigenvalue weighted by Crippen LogP contribution is -2.58. The van der Waals surface area contributed by atoms with Crippen LogP contribution in [0.3, 0.4) is 0 Å². The van der Waals surface area contributed by atoms with Crippen molar-refractivity contribution < 1.29 is 44.2 Å². The van der Waals surface area contributed by atoms with Crippen LogP contribution in [0, 0.1) is 0 Å². The van der Waals surface area contributed by atoms with Gasteiger partial charge in [-0.2, -0.15) is 0 Å². The van der Waals surface area contributed by atoms with E-state index in [2.05, 4.69) is 0 Å². The van der Waals surface area contributed by atoms with Gasteiger partial charge in [-0.15, -0.1) is 0 Å². The van der Waals surface area contributed by atoms with E-state index < -0.39 is 42.5 Å². The zero-order valence-corrected chi connectivity index (χ0v) is 19.8. The number of aliphatic hydroxyl groups excluding tert-OH is 3. The highest BCUT2D eigenvalue weighted by molar-refractivity contribution is 6.08. The molecule has 0 saturated carbocycles. The van der Waals surface area contributed by atoms with Gasteiger partial charge in [0, 0.05) is 6.07 Å². The molecule has 0 bridgehead atoms. The van der Waals surface area contributed by atoms with Crippen molar-refractivity contribution >= 4 is 17.8 Å². The molecule has 1 saturated heterocycles. The van der Waals surface area contributed by atoms with Crippen molar-refractivity contribution in [2.75, 3.05) is 0 Å². The number of hydrogen-bond donors (Lipinski definition) is 4. The van der Waals surface area contributed by atoms with Crippen molar-refractivity contribution in [3.8, 4) is 17.2 Å². The van der Waals surface area contributed by atoms with E-state index in [1.54, 1.807) is 60.7 Å². The summed E-state index contributed by atoms with van der Waals surface area (Å²) in [7, 11) is 0. The Kier molecular flexibility index (Phi) is 8.00. The summed E-state index contributed by atoms with van der Waals surface area (Å²) in [6.07, 6.45) is -3.46. The monoisotopic (exact) mass is 506 g/mol. The molecule has 192 valence electrons. The van der Waals surface area contributed by atoms with E-state index in [-0.39, 0.29) is 17.1 Å². The minimum atomic E-state index is -1.51. The molecule has 4 rings (SSSR count). The fourth-order valence-electron chi connectivity index (χ4n) is 3.69. The van der Waals surface area contributed by atoms with E-state index in [0.29, 0.717) is 16.9 Å². The molecule has 9 nitrogen and oxygen atoms in total. The van der Waals surface area contributed by atoms with Gasteiger partial charge in [-0.3, -0.25) is 4.79 Å². The third-order valence-corrected chi connectivity index (χ3v) is 5.82. The molecule has 1 heterocycles. The number of aromatic hydroxyl groups is 1. The SMILES string of the molecule is C[C@@H]1O[C@@H](Oc2ccc(C(=O)/C=C/c3ccc(OC(=O)c4ccccc4)cc3)c(O)c2)[C@@H](O)[C@H](O)[C@H]1O. The van der Waals surface area contributed by atoms with Crippen LogP contribution in [-0.4, -0.2) is 62.9 Å². The number of rotatable bonds is 7. The molecule has 1 aliphatic heterocycles. The second-order valence-corrected chi connectivity index (χ2v) is 8.50. The number of aliphatic hydroxyl groups is 3. The molecule has 3 aromatic carbocycles. The molecule has 0 aromatic heterocycles. The van der Waals surface area contributed by atoms with Crippen molar-refractivity contribution in [2.45, 2.75) is 37.6 Å². The second-order valence-electron chi connectivity index (χ2n) is 8.50. The number of hydrogen-bond acceptors (Lipinski definition) is 9. The van der Waals surface area contributed by atoms with E-state index in [1.165, 1.54) is 31.2 Å². The lowest BCUT2D eigenvalue weighted by molar-refractivity contribution is -0.268. The van der Waals surface area contributed by atoms with Gasteiger partial charge in [0.05, 0.1) is 17.2 Å². The first-order valence-corrected chi connectivity index (χ1v) is 11.5. The van der Waals surface area contributed by atoms with Gasteiger partial charge in [0.25, 0.3) is 0 Å². The lowest BCUT2D eigenvalue weighted by Gasteiger charge is -2.38. The minimum Gasteiger partial charge on any atom is -0.507 e. The summed E-state index contributed by atoms with van der Waals surface area (Å²) in [6.45, 7) is 1.52. The quantitative estimate of drug-likeness (QED) is 0.165. The maximum absolute atomic E-state index is 12.6. The molecule has 0 radical (unpaired) electrons. The Hall–Kier alpha value is -4.02. The number of carbonyl (C=O) groups is 2. The third-order valence-electron chi connectivity index (χ3n) is 5.82. The Labute approximate surface area is 212 Å². The predicted octanol–water partition coefficient (Wildman–Crippen LogP) is 2.71. The number of esters is 1. The average Bonchev–Trinajstić information content (AvgIpc) is 2.90. The van der Waals surface area contributed by atoms with E-state index in [1.807, 2.05) is 0 Å². The minimum absolute atomic E-state index is 0.0194. The summed E-state index contributed by atoms with van der Waals surface area (Å²) in [5.74, 6) is -0.846. The fourth-order valence-corrected chi connectivity index (χ4v) is 3.69. The van der Waals surface area contributed by atoms with Gasteiger partial charge >= 0.3 is 5.97 Å². The number of ketones is 1. The number of benzene rings is 3. The molecule has 3 aromatic rings. The Morgan fingerprint density at radius 3 is 2.22 bits per heavy atom. The van der Waals surface area contributed by atoms with Crippen molar-refractivity contribution in [3.63, 3.8) is 0 Å². The molecule has 4 N–H and O–H groups in total. The van der Waals surface area contributed by atoms with Gasteiger partial charge in [-0.1, -0.05) is 36.4 Å². The maximum atomic E-state index is 12.6. The summed E-state index contributed by atoms with van der Waals surface area (Å²) >= 11 is 0. The van der Waals surface area contributed by atoms with Gasteiger partial charge < -0.3 is 34.6 Å². The molecule has 0 aliphatic carbocycles. The fraction of sp³-hybridized carbons (Fsp3) is 0.214. The van der Waals surface area contributed by atoms with Gasteiger partial charge in [0.2, 0.25) is 6.29 Å². The van der Waals surface area contributed by atoms with E-state index in [0.717, 1.165) is 0 Å². The van der Waals surface area contributed by atoms with Crippen molar-refractivity contribution in [3.05, 3.63) is 95.6 Å². The summed E-state index contributed by atoms with van der Waals surface area (Å²) in [5.41, 5.74) is 1.12. The zero-order chi connectivity index (χ0) is 26.5. The smallest absolute Gasteiger partial charge is 0.343 e. The van der Waals surface area contributed by atoms with Gasteiger partial charge in [0.1, 0.15) is 35.6 Å². The number of carbonyl (C=O) groups excluding carboxylic acids is 2. The molecular weight excluding hydrogens is 480 g/mol. The summed E-state index contributed by atoms with van der Waals surface area (Å²) < 4.78 is 16.2. The molecule has 0 amide bonds. The van der Waals surface area contributed by atoms with Crippen molar-refractivity contribution in [2.24, 2.45) is 0 Å². The first-order valence-electron chi connectivity index (χ1n) is 11.5. The van der Waals surface area contributed by atoms with Crippen LogP contribution < -0.4 is 9.47 Å². The average molecular weight is 507 g/mol. The Morgan fingerprint density at radius 1 is 0.865 bits per heavy atom. The summed E-state index contributed by atoms with van der Waals surface area (Å²) in [4.78, 5) is 24.7. The first-order chi connectivity index (χ1) is 17.7. The third kappa shape index (κ3) is 6.22. The first kappa shape index (κ1) is 26.1. The van der Waals surface area contributed by atoms with E-state index >= 15 is 0 Å². The Morgan fingerprint density at radius 2 is 1.54 bits per heavy atom. The Bertz CT molecular complexity index is 1270. The molecule has 9 heteroatoms. The van der Waals surface area contributed by atoms with Crippen LogP contribution in [0.5, 0.6) is 17.2 Å². The molecule has 1 fully saturated rings. The molecular formula is C28H26O9. The molecule has 1 aliphatic rings. The van der Waals surface area contributed by atoms with Crippen LogP contribution in [0.1, 0.15) is 33.2 Å². The molecule has 0 unspecified atom stereocenters. The van der Waals surface area contributed by atoms with Gasteiger partial charge in [-0.05, 0) is 55.0 Å². The maximum Gasteiger partial charge on any atom is 0.343 e. The van der Waals surface area contributed by atoms with Gasteiger partial charge in [-0.25, -0.2) is 4.79 Å². The van der Waals surface area contributed by atoms with Crippen LogP contribution in [0.25, 0.3) is 6.08 Å². The molecule has 0 spiro atoms. The highest BCUT2D eigenvalue weighted by atomic mass is 16.7. The van der Waals surface area contributed by atoms with Gasteiger partial charge in [0.15, 0.2) is 5.78 Å².